The van der Waals surface area contributed by atoms with Crippen molar-refractivity contribution in [2.75, 3.05) is 25.6 Å². The molecule has 1 unspecified atom stereocenters. The molecule has 1 aromatic carbocycles. The molecule has 2 heterocycles. The molecule has 138 valence electrons. The minimum absolute atomic E-state index is 0.0144. The lowest BCUT2D eigenvalue weighted by Gasteiger charge is -2.26. The van der Waals surface area contributed by atoms with Gasteiger partial charge in [-0.2, -0.15) is 0 Å². The van der Waals surface area contributed by atoms with Gasteiger partial charge in [-0.05, 0) is 25.0 Å². The molecule has 3 rings (SSSR count). The fourth-order valence-corrected chi connectivity index (χ4v) is 2.88. The van der Waals surface area contributed by atoms with Crippen molar-refractivity contribution >= 4 is 11.7 Å². The van der Waals surface area contributed by atoms with Crippen molar-refractivity contribution in [1.82, 2.24) is 9.88 Å². The normalized spacial score (nSPS) is 16.3. The van der Waals surface area contributed by atoms with Gasteiger partial charge in [0.1, 0.15) is 5.75 Å². The van der Waals surface area contributed by atoms with Gasteiger partial charge in [-0.15, -0.1) is 0 Å². The lowest BCUT2D eigenvalue weighted by atomic mass is 10.1. The standard InChI is InChI=1S/C19H23N3O4/c1-25-18-9-8-15(11-20-18)21-19(24)22(13-16-6-4-10-26-16)12-14-5-2-3-7-17(14)23/h2-3,5,7-9,11,16,23H,4,6,10,12-13H2,1H3,(H,21,24). The predicted molar refractivity (Wildman–Crippen MR) is 97.3 cm³/mol. The number of para-hydroxylation sites is 1. The Hall–Kier alpha value is -2.80. The molecule has 0 saturated carbocycles. The second-order valence-electron chi connectivity index (χ2n) is 6.16. The van der Waals surface area contributed by atoms with E-state index in [4.69, 9.17) is 9.47 Å². The topological polar surface area (TPSA) is 83.9 Å². The highest BCUT2D eigenvalue weighted by atomic mass is 16.5. The number of aromatic hydroxyl groups is 1. The van der Waals surface area contributed by atoms with Gasteiger partial charge in [0.05, 0.1) is 31.6 Å². The van der Waals surface area contributed by atoms with E-state index >= 15 is 0 Å². The summed E-state index contributed by atoms with van der Waals surface area (Å²) >= 11 is 0. The third-order valence-electron chi connectivity index (χ3n) is 4.28. The number of aromatic nitrogens is 1. The van der Waals surface area contributed by atoms with Gasteiger partial charge in [-0.25, -0.2) is 9.78 Å². The Bertz CT molecular complexity index is 730. The maximum Gasteiger partial charge on any atom is 0.322 e. The van der Waals surface area contributed by atoms with E-state index in [0.29, 0.717) is 30.2 Å². The maximum absolute atomic E-state index is 12.8. The van der Waals surface area contributed by atoms with Crippen LogP contribution in [0.5, 0.6) is 11.6 Å². The molecule has 2 amide bonds. The largest absolute Gasteiger partial charge is 0.508 e. The minimum Gasteiger partial charge on any atom is -0.508 e. The molecule has 1 atom stereocenters. The summed E-state index contributed by atoms with van der Waals surface area (Å²) in [5.74, 6) is 0.650. The zero-order chi connectivity index (χ0) is 18.4. The monoisotopic (exact) mass is 357 g/mol. The number of benzene rings is 1. The van der Waals surface area contributed by atoms with Crippen molar-refractivity contribution in [2.45, 2.75) is 25.5 Å². The third kappa shape index (κ3) is 4.64. The molecule has 1 saturated heterocycles. The van der Waals surface area contributed by atoms with Gasteiger partial charge in [-0.3, -0.25) is 0 Å². The zero-order valence-electron chi connectivity index (χ0n) is 14.7. The first-order chi connectivity index (χ1) is 12.7. The number of hydrogen-bond donors (Lipinski definition) is 2. The molecule has 0 aliphatic carbocycles. The first kappa shape index (κ1) is 18.0. The summed E-state index contributed by atoms with van der Waals surface area (Å²) < 4.78 is 10.7. The first-order valence-electron chi connectivity index (χ1n) is 8.60. The van der Waals surface area contributed by atoms with Crippen LogP contribution < -0.4 is 10.1 Å². The van der Waals surface area contributed by atoms with Crippen molar-refractivity contribution in [3.8, 4) is 11.6 Å². The number of phenolic OH excluding ortho intramolecular Hbond substituents is 1. The summed E-state index contributed by atoms with van der Waals surface area (Å²) in [5.41, 5.74) is 1.26. The van der Waals surface area contributed by atoms with E-state index in [1.807, 2.05) is 6.07 Å². The lowest BCUT2D eigenvalue weighted by molar-refractivity contribution is 0.0817. The number of hydrogen-bond acceptors (Lipinski definition) is 5. The number of rotatable bonds is 6. The van der Waals surface area contributed by atoms with Crippen LogP contribution in [0, 0.1) is 0 Å². The Balaban J connectivity index is 1.72. The zero-order valence-corrected chi connectivity index (χ0v) is 14.7. The lowest BCUT2D eigenvalue weighted by Crippen LogP contribution is -2.39. The number of ether oxygens (including phenoxy) is 2. The molecular formula is C19H23N3O4. The van der Waals surface area contributed by atoms with E-state index in [-0.39, 0.29) is 17.9 Å². The number of amides is 2. The predicted octanol–water partition coefficient (Wildman–Crippen LogP) is 3.01. The highest BCUT2D eigenvalue weighted by Crippen LogP contribution is 2.21. The smallest absolute Gasteiger partial charge is 0.322 e. The number of carbonyl (C=O) groups excluding carboxylic acids is 1. The highest BCUT2D eigenvalue weighted by Gasteiger charge is 2.23. The Morgan fingerprint density at radius 3 is 2.88 bits per heavy atom. The summed E-state index contributed by atoms with van der Waals surface area (Å²) in [5, 5.41) is 12.9. The summed E-state index contributed by atoms with van der Waals surface area (Å²) in [7, 11) is 1.54. The quantitative estimate of drug-likeness (QED) is 0.830. The fraction of sp³-hybridized carbons (Fsp3) is 0.368. The van der Waals surface area contributed by atoms with Crippen LogP contribution in [0.2, 0.25) is 0 Å². The van der Waals surface area contributed by atoms with Crippen molar-refractivity contribution in [1.29, 1.82) is 0 Å². The number of methoxy groups -OCH3 is 1. The second-order valence-corrected chi connectivity index (χ2v) is 6.16. The van der Waals surface area contributed by atoms with Crippen LogP contribution >= 0.6 is 0 Å². The number of carbonyl (C=O) groups is 1. The fourth-order valence-electron chi connectivity index (χ4n) is 2.88. The van der Waals surface area contributed by atoms with Crippen molar-refractivity contribution in [3.63, 3.8) is 0 Å². The van der Waals surface area contributed by atoms with Gasteiger partial charge in [0, 0.05) is 24.8 Å². The number of phenols is 1. The van der Waals surface area contributed by atoms with E-state index in [0.717, 1.165) is 19.4 Å². The van der Waals surface area contributed by atoms with Crippen LogP contribution in [0.15, 0.2) is 42.6 Å². The van der Waals surface area contributed by atoms with Crippen LogP contribution in [-0.2, 0) is 11.3 Å². The molecule has 0 bridgehead atoms. The molecule has 0 radical (unpaired) electrons. The Kier molecular flexibility index (Phi) is 5.91. The van der Waals surface area contributed by atoms with E-state index in [9.17, 15) is 9.90 Å². The second kappa shape index (κ2) is 8.53. The molecular weight excluding hydrogens is 334 g/mol. The number of urea groups is 1. The molecule has 1 aliphatic heterocycles. The molecule has 26 heavy (non-hydrogen) atoms. The van der Waals surface area contributed by atoms with Crippen molar-refractivity contribution in [2.24, 2.45) is 0 Å². The number of nitrogens with one attached hydrogen (secondary N) is 1. The molecule has 2 aromatic rings. The molecule has 7 nitrogen and oxygen atoms in total. The summed E-state index contributed by atoms with van der Waals surface area (Å²) in [4.78, 5) is 18.5. The van der Waals surface area contributed by atoms with Gasteiger partial charge in [-0.1, -0.05) is 18.2 Å². The molecule has 0 spiro atoms. The number of nitrogens with zero attached hydrogens (tertiary/aromatic N) is 2. The maximum atomic E-state index is 12.8. The minimum atomic E-state index is -0.268. The van der Waals surface area contributed by atoms with Crippen LogP contribution in [-0.4, -0.2) is 47.4 Å². The average Bonchev–Trinajstić information content (AvgIpc) is 3.16. The SMILES string of the molecule is COc1ccc(NC(=O)N(Cc2ccccc2O)CC2CCCO2)cn1. The van der Waals surface area contributed by atoms with E-state index in [1.165, 1.54) is 7.11 Å². The summed E-state index contributed by atoms with van der Waals surface area (Å²) in [6, 6.07) is 10.2. The van der Waals surface area contributed by atoms with Gasteiger partial charge in [0.25, 0.3) is 0 Å². The van der Waals surface area contributed by atoms with Crippen LogP contribution in [0.3, 0.4) is 0 Å². The Labute approximate surface area is 152 Å². The Morgan fingerprint density at radius 2 is 2.23 bits per heavy atom. The van der Waals surface area contributed by atoms with Crippen LogP contribution in [0.4, 0.5) is 10.5 Å². The van der Waals surface area contributed by atoms with Crippen LogP contribution in [0.25, 0.3) is 0 Å². The molecule has 1 aliphatic rings. The van der Waals surface area contributed by atoms with Gasteiger partial charge >= 0.3 is 6.03 Å². The van der Waals surface area contributed by atoms with E-state index in [1.54, 1.807) is 41.4 Å². The molecule has 1 aromatic heterocycles. The summed E-state index contributed by atoms with van der Waals surface area (Å²) in [6.45, 7) is 1.48. The number of anilines is 1. The highest BCUT2D eigenvalue weighted by molar-refractivity contribution is 5.89. The first-order valence-corrected chi connectivity index (χ1v) is 8.60. The van der Waals surface area contributed by atoms with Crippen molar-refractivity contribution in [3.05, 3.63) is 48.2 Å². The van der Waals surface area contributed by atoms with Gasteiger partial charge < -0.3 is 24.8 Å². The number of pyridine rings is 1. The van der Waals surface area contributed by atoms with Crippen LogP contribution in [0.1, 0.15) is 18.4 Å². The van der Waals surface area contributed by atoms with Gasteiger partial charge in [0.2, 0.25) is 5.88 Å². The average molecular weight is 357 g/mol. The van der Waals surface area contributed by atoms with Gasteiger partial charge in [0.15, 0.2) is 0 Å². The van der Waals surface area contributed by atoms with Crippen molar-refractivity contribution < 1.29 is 19.4 Å². The Morgan fingerprint density at radius 1 is 1.38 bits per heavy atom. The van der Waals surface area contributed by atoms with E-state index < -0.39 is 0 Å². The molecule has 1 fully saturated rings. The third-order valence-corrected chi connectivity index (χ3v) is 4.28. The molecule has 7 heteroatoms. The summed E-state index contributed by atoms with van der Waals surface area (Å²) in [6.07, 6.45) is 3.48. The molecule has 2 N–H and O–H groups in total. The van der Waals surface area contributed by atoms with E-state index in [2.05, 4.69) is 10.3 Å².